The molecule has 0 aliphatic rings. The molecule has 0 bridgehead atoms. The molecular weight excluding hydrogens is 254 g/mol. The zero-order valence-corrected chi connectivity index (χ0v) is 9.65. The number of nitrogens with one attached hydrogen (secondary N) is 2. The number of aromatic nitrogens is 1. The first-order valence-corrected chi connectivity index (χ1v) is 5.29. The lowest BCUT2D eigenvalue weighted by atomic mass is 10.2. The van der Waals surface area contributed by atoms with Gasteiger partial charge in [0.15, 0.2) is 0 Å². The molecule has 0 radical (unpaired) electrons. The molecule has 98 valence electrons. The van der Waals surface area contributed by atoms with E-state index in [0.717, 1.165) is 12.1 Å². The maximum atomic E-state index is 13.3. The van der Waals surface area contributed by atoms with Gasteiger partial charge >= 0.3 is 0 Å². The zero-order chi connectivity index (χ0) is 13.8. The van der Waals surface area contributed by atoms with Crippen molar-refractivity contribution in [2.24, 2.45) is 5.84 Å². The van der Waals surface area contributed by atoms with Crippen molar-refractivity contribution < 1.29 is 13.6 Å². The highest BCUT2D eigenvalue weighted by Crippen LogP contribution is 2.16. The quantitative estimate of drug-likeness (QED) is 0.584. The van der Waals surface area contributed by atoms with Crippen LogP contribution in [0.2, 0.25) is 0 Å². The number of hydrazine groups is 1. The third kappa shape index (κ3) is 3.02. The molecule has 0 aliphatic carbocycles. The summed E-state index contributed by atoms with van der Waals surface area (Å²) in [6.07, 6.45) is 1.28. The number of amides is 1. The smallest absolute Gasteiger partial charge is 0.257 e. The molecule has 0 unspecified atom stereocenters. The number of rotatable bonds is 3. The molecular formula is C12H10F2N4O. The van der Waals surface area contributed by atoms with Crippen molar-refractivity contribution in [3.8, 4) is 0 Å². The Balaban J connectivity index is 2.15. The van der Waals surface area contributed by atoms with Crippen LogP contribution in [-0.2, 0) is 0 Å². The number of nitrogen functional groups attached to an aromatic ring is 1. The molecule has 1 aromatic carbocycles. The molecule has 1 amide bonds. The fourth-order valence-electron chi connectivity index (χ4n) is 1.40. The molecule has 2 rings (SSSR count). The van der Waals surface area contributed by atoms with Crippen LogP contribution in [0.25, 0.3) is 0 Å². The van der Waals surface area contributed by atoms with E-state index in [1.807, 2.05) is 0 Å². The Morgan fingerprint density at radius 2 is 2.00 bits per heavy atom. The summed E-state index contributed by atoms with van der Waals surface area (Å²) in [6, 6.07) is 5.86. The topological polar surface area (TPSA) is 80.0 Å². The third-order valence-electron chi connectivity index (χ3n) is 2.35. The van der Waals surface area contributed by atoms with Gasteiger partial charge in [-0.25, -0.2) is 19.6 Å². The molecule has 19 heavy (non-hydrogen) atoms. The van der Waals surface area contributed by atoms with Crippen molar-refractivity contribution in [3.05, 3.63) is 53.7 Å². The summed E-state index contributed by atoms with van der Waals surface area (Å²) in [5, 5.41) is 2.32. The van der Waals surface area contributed by atoms with Gasteiger partial charge in [0.25, 0.3) is 5.91 Å². The number of hydrogen-bond donors (Lipinski definition) is 3. The summed E-state index contributed by atoms with van der Waals surface area (Å²) in [6.45, 7) is 0. The third-order valence-corrected chi connectivity index (χ3v) is 2.35. The lowest BCUT2D eigenvalue weighted by molar-refractivity contribution is 0.102. The summed E-state index contributed by atoms with van der Waals surface area (Å²) < 4.78 is 26.1. The lowest BCUT2D eigenvalue weighted by Gasteiger charge is -2.06. The lowest BCUT2D eigenvalue weighted by Crippen LogP contribution is -2.14. The van der Waals surface area contributed by atoms with Crippen LogP contribution in [0.4, 0.5) is 20.3 Å². The molecule has 0 atom stereocenters. The molecule has 0 fully saturated rings. The number of nitrogens with zero attached hydrogens (tertiary/aromatic N) is 1. The van der Waals surface area contributed by atoms with Crippen LogP contribution in [-0.4, -0.2) is 10.9 Å². The average Bonchev–Trinajstić information content (AvgIpc) is 2.42. The maximum Gasteiger partial charge on any atom is 0.257 e. The van der Waals surface area contributed by atoms with Crippen LogP contribution in [0.5, 0.6) is 0 Å². The molecule has 5 nitrogen and oxygen atoms in total. The van der Waals surface area contributed by atoms with Crippen molar-refractivity contribution >= 4 is 17.4 Å². The van der Waals surface area contributed by atoms with Crippen molar-refractivity contribution in [1.82, 2.24) is 4.98 Å². The highest BCUT2D eigenvalue weighted by molar-refractivity contribution is 6.04. The van der Waals surface area contributed by atoms with Gasteiger partial charge < -0.3 is 10.7 Å². The minimum atomic E-state index is -0.846. The number of carbonyl (C=O) groups is 1. The summed E-state index contributed by atoms with van der Waals surface area (Å²) in [5.74, 6) is 3.42. The van der Waals surface area contributed by atoms with Gasteiger partial charge in [-0.15, -0.1) is 0 Å². The van der Waals surface area contributed by atoms with E-state index in [0.29, 0.717) is 11.9 Å². The molecule has 0 saturated carbocycles. The Morgan fingerprint density at radius 1 is 1.21 bits per heavy atom. The van der Waals surface area contributed by atoms with E-state index in [9.17, 15) is 13.6 Å². The van der Waals surface area contributed by atoms with Crippen molar-refractivity contribution in [1.29, 1.82) is 0 Å². The standard InChI is InChI=1S/C12H10F2N4O/c13-8-2-3-10(9(14)5-8)17-12(19)7-1-4-11(18-15)16-6-7/h1-6H,15H2,(H,16,18)(H,17,19). The summed E-state index contributed by atoms with van der Waals surface area (Å²) in [5.41, 5.74) is 2.43. The largest absolute Gasteiger partial charge is 0.319 e. The first-order valence-electron chi connectivity index (χ1n) is 5.29. The van der Waals surface area contributed by atoms with Gasteiger partial charge in [-0.3, -0.25) is 4.79 Å². The number of halogens is 2. The van der Waals surface area contributed by atoms with Crippen molar-refractivity contribution in [2.45, 2.75) is 0 Å². The fraction of sp³-hybridized carbons (Fsp3) is 0. The second-order valence-corrected chi connectivity index (χ2v) is 3.65. The number of nitrogens with two attached hydrogens (primary N) is 1. The van der Waals surface area contributed by atoms with Crippen LogP contribution in [0.1, 0.15) is 10.4 Å². The number of anilines is 2. The van der Waals surface area contributed by atoms with E-state index < -0.39 is 17.5 Å². The maximum absolute atomic E-state index is 13.3. The van der Waals surface area contributed by atoms with E-state index >= 15 is 0 Å². The van der Waals surface area contributed by atoms with Gasteiger partial charge in [0, 0.05) is 12.3 Å². The second-order valence-electron chi connectivity index (χ2n) is 3.65. The van der Waals surface area contributed by atoms with Gasteiger partial charge in [-0.05, 0) is 24.3 Å². The van der Waals surface area contributed by atoms with Crippen molar-refractivity contribution in [3.63, 3.8) is 0 Å². The first kappa shape index (κ1) is 12.9. The van der Waals surface area contributed by atoms with Crippen LogP contribution >= 0.6 is 0 Å². The SMILES string of the molecule is NNc1ccc(C(=O)Nc2ccc(F)cc2F)cn1. The number of pyridine rings is 1. The summed E-state index contributed by atoms with van der Waals surface area (Å²) in [4.78, 5) is 15.6. The van der Waals surface area contributed by atoms with Crippen LogP contribution in [0.3, 0.4) is 0 Å². The van der Waals surface area contributed by atoms with Gasteiger partial charge in [0.05, 0.1) is 11.3 Å². The second kappa shape index (κ2) is 5.40. The normalized spacial score (nSPS) is 10.1. The van der Waals surface area contributed by atoms with Gasteiger partial charge in [0.2, 0.25) is 0 Å². The molecule has 4 N–H and O–H groups in total. The molecule has 0 saturated heterocycles. The predicted molar refractivity (Wildman–Crippen MR) is 66.4 cm³/mol. The molecule has 1 heterocycles. The highest BCUT2D eigenvalue weighted by atomic mass is 19.1. The molecule has 1 aromatic heterocycles. The Morgan fingerprint density at radius 3 is 2.58 bits per heavy atom. The Bertz CT molecular complexity index is 601. The Labute approximate surface area is 107 Å². The monoisotopic (exact) mass is 264 g/mol. The Kier molecular flexibility index (Phi) is 3.67. The van der Waals surface area contributed by atoms with E-state index in [4.69, 9.17) is 5.84 Å². The minimum Gasteiger partial charge on any atom is -0.319 e. The number of benzene rings is 1. The average molecular weight is 264 g/mol. The number of carbonyl (C=O) groups excluding carboxylic acids is 1. The number of hydrogen-bond acceptors (Lipinski definition) is 4. The molecule has 2 aromatic rings. The molecule has 0 aliphatic heterocycles. The van der Waals surface area contributed by atoms with E-state index in [2.05, 4.69) is 15.7 Å². The Hall–Kier alpha value is -2.54. The fourth-order valence-corrected chi connectivity index (χ4v) is 1.40. The highest BCUT2D eigenvalue weighted by Gasteiger charge is 2.10. The molecule has 0 spiro atoms. The van der Waals surface area contributed by atoms with Crippen LogP contribution in [0.15, 0.2) is 36.5 Å². The molecule has 7 heteroatoms. The van der Waals surface area contributed by atoms with Crippen molar-refractivity contribution in [2.75, 3.05) is 10.7 Å². The van der Waals surface area contributed by atoms with E-state index in [-0.39, 0.29) is 11.3 Å². The minimum absolute atomic E-state index is 0.104. The van der Waals surface area contributed by atoms with E-state index in [1.54, 1.807) is 0 Å². The zero-order valence-electron chi connectivity index (χ0n) is 9.65. The van der Waals surface area contributed by atoms with Gasteiger partial charge in [-0.1, -0.05) is 0 Å². The van der Waals surface area contributed by atoms with Crippen LogP contribution < -0.4 is 16.6 Å². The van der Waals surface area contributed by atoms with Crippen LogP contribution in [0, 0.1) is 11.6 Å². The van der Waals surface area contributed by atoms with Gasteiger partial charge in [0.1, 0.15) is 17.5 Å². The first-order chi connectivity index (χ1) is 9.10. The predicted octanol–water partition coefficient (Wildman–Crippen LogP) is 1.90. The summed E-state index contributed by atoms with van der Waals surface area (Å²) in [7, 11) is 0. The van der Waals surface area contributed by atoms with E-state index in [1.165, 1.54) is 18.3 Å². The summed E-state index contributed by atoms with van der Waals surface area (Å²) >= 11 is 0. The van der Waals surface area contributed by atoms with Gasteiger partial charge in [-0.2, -0.15) is 0 Å².